The fraction of sp³-hybridized carbons (Fsp3) is 0.400. The van der Waals surface area contributed by atoms with E-state index in [0.717, 1.165) is 6.42 Å². The zero-order chi connectivity index (χ0) is 14.7. The Morgan fingerprint density at radius 1 is 1.40 bits per heavy atom. The quantitative estimate of drug-likeness (QED) is 0.813. The third kappa shape index (κ3) is 2.64. The molecule has 5 heteroatoms. The van der Waals surface area contributed by atoms with E-state index in [1.54, 1.807) is 43.3 Å². The predicted octanol–water partition coefficient (Wildman–Crippen LogP) is 1.25. The van der Waals surface area contributed by atoms with Gasteiger partial charge in [0.15, 0.2) is 0 Å². The van der Waals surface area contributed by atoms with Crippen LogP contribution in [0.1, 0.15) is 28.8 Å². The van der Waals surface area contributed by atoms with Crippen molar-refractivity contribution in [2.75, 3.05) is 20.6 Å². The Morgan fingerprint density at radius 3 is 2.80 bits per heavy atom. The van der Waals surface area contributed by atoms with Gasteiger partial charge >= 0.3 is 0 Å². The Bertz CT molecular complexity index is 575. The number of likely N-dealkylation sites (N-methyl/N-ethyl adjacent to an activating group) is 1. The summed E-state index contributed by atoms with van der Waals surface area (Å²) < 4.78 is 0. The van der Waals surface area contributed by atoms with Gasteiger partial charge in [0.1, 0.15) is 6.04 Å². The van der Waals surface area contributed by atoms with Crippen molar-refractivity contribution in [1.29, 1.82) is 5.26 Å². The molecule has 0 radical (unpaired) electrons. The average Bonchev–Trinajstić information content (AvgIpc) is 2.94. The van der Waals surface area contributed by atoms with E-state index in [4.69, 9.17) is 5.26 Å². The summed E-state index contributed by atoms with van der Waals surface area (Å²) in [5, 5.41) is 8.89. The monoisotopic (exact) mass is 271 g/mol. The fourth-order valence-corrected chi connectivity index (χ4v) is 2.45. The highest BCUT2D eigenvalue weighted by atomic mass is 16.2. The van der Waals surface area contributed by atoms with Gasteiger partial charge in [-0.25, -0.2) is 0 Å². The number of carbonyl (C=O) groups is 2. The first kappa shape index (κ1) is 14.1. The van der Waals surface area contributed by atoms with Gasteiger partial charge in [-0.3, -0.25) is 9.59 Å². The lowest BCUT2D eigenvalue weighted by molar-refractivity contribution is -0.132. The van der Waals surface area contributed by atoms with E-state index in [0.29, 0.717) is 24.1 Å². The third-order valence-corrected chi connectivity index (χ3v) is 3.48. The summed E-state index contributed by atoms with van der Waals surface area (Å²) in [6.07, 6.45) is 1.52. The van der Waals surface area contributed by atoms with Gasteiger partial charge in [0.2, 0.25) is 5.91 Å². The second kappa shape index (κ2) is 5.74. The second-order valence-electron chi connectivity index (χ2n) is 5.08. The van der Waals surface area contributed by atoms with Gasteiger partial charge in [-0.05, 0) is 31.0 Å². The van der Waals surface area contributed by atoms with Gasteiger partial charge in [0, 0.05) is 26.2 Å². The van der Waals surface area contributed by atoms with Gasteiger partial charge in [-0.2, -0.15) is 5.26 Å². The number of hydrogen-bond acceptors (Lipinski definition) is 3. The number of rotatable bonds is 2. The van der Waals surface area contributed by atoms with Crippen molar-refractivity contribution in [3.05, 3.63) is 35.4 Å². The first-order chi connectivity index (χ1) is 9.54. The molecule has 0 aromatic heterocycles. The number of carbonyl (C=O) groups excluding carboxylic acids is 2. The van der Waals surface area contributed by atoms with Crippen molar-refractivity contribution < 1.29 is 9.59 Å². The van der Waals surface area contributed by atoms with Crippen LogP contribution < -0.4 is 0 Å². The van der Waals surface area contributed by atoms with E-state index in [9.17, 15) is 9.59 Å². The lowest BCUT2D eigenvalue weighted by atomic mass is 10.1. The van der Waals surface area contributed by atoms with E-state index in [-0.39, 0.29) is 17.9 Å². The highest BCUT2D eigenvalue weighted by molar-refractivity contribution is 5.98. The maximum atomic E-state index is 12.5. The summed E-state index contributed by atoms with van der Waals surface area (Å²) in [5.41, 5.74) is 0.910. The molecule has 0 N–H and O–H groups in total. The number of hydrogen-bond donors (Lipinski definition) is 0. The van der Waals surface area contributed by atoms with Crippen LogP contribution in [0.25, 0.3) is 0 Å². The Balaban J connectivity index is 2.23. The minimum absolute atomic E-state index is 0.0488. The standard InChI is InChI=1S/C15H17N3O2/c1-17(2)15(20)13-7-4-8-18(13)14(19)12-6-3-5-11(9-12)10-16/h3,5-6,9,13H,4,7-8H2,1-2H3. The molecule has 2 rings (SSSR count). The van der Waals surface area contributed by atoms with Crippen LogP contribution in [0.4, 0.5) is 0 Å². The van der Waals surface area contributed by atoms with Crippen molar-refractivity contribution in [2.24, 2.45) is 0 Å². The molecule has 1 unspecified atom stereocenters. The number of benzene rings is 1. The minimum atomic E-state index is -0.386. The van der Waals surface area contributed by atoms with Crippen molar-refractivity contribution in [3.63, 3.8) is 0 Å². The molecule has 1 heterocycles. The van der Waals surface area contributed by atoms with Gasteiger partial charge in [-0.1, -0.05) is 6.07 Å². The molecule has 20 heavy (non-hydrogen) atoms. The molecule has 1 aliphatic heterocycles. The van der Waals surface area contributed by atoms with E-state index < -0.39 is 0 Å². The number of nitriles is 1. The zero-order valence-corrected chi connectivity index (χ0v) is 11.7. The minimum Gasteiger partial charge on any atom is -0.347 e. The summed E-state index contributed by atoms with van der Waals surface area (Å²) in [5.74, 6) is -0.230. The topological polar surface area (TPSA) is 64.4 Å². The molecule has 0 saturated carbocycles. The molecule has 2 amide bonds. The van der Waals surface area contributed by atoms with Crippen LogP contribution in [0, 0.1) is 11.3 Å². The van der Waals surface area contributed by atoms with Crippen molar-refractivity contribution in [3.8, 4) is 6.07 Å². The molecule has 1 aliphatic rings. The molecule has 5 nitrogen and oxygen atoms in total. The maximum absolute atomic E-state index is 12.5. The largest absolute Gasteiger partial charge is 0.347 e. The number of likely N-dealkylation sites (tertiary alicyclic amines) is 1. The number of amides is 2. The lowest BCUT2D eigenvalue weighted by Crippen LogP contribution is -2.45. The number of nitrogens with zero attached hydrogens (tertiary/aromatic N) is 3. The summed E-state index contributed by atoms with van der Waals surface area (Å²) >= 11 is 0. The Morgan fingerprint density at radius 2 is 2.15 bits per heavy atom. The van der Waals surface area contributed by atoms with E-state index >= 15 is 0 Å². The van der Waals surface area contributed by atoms with Crippen LogP contribution in [0.5, 0.6) is 0 Å². The third-order valence-electron chi connectivity index (χ3n) is 3.48. The highest BCUT2D eigenvalue weighted by Crippen LogP contribution is 2.21. The van der Waals surface area contributed by atoms with Crippen LogP contribution in [0.3, 0.4) is 0 Å². The molecule has 0 bridgehead atoms. The summed E-state index contributed by atoms with van der Waals surface area (Å²) in [4.78, 5) is 27.7. The van der Waals surface area contributed by atoms with Crippen LogP contribution in [-0.4, -0.2) is 48.3 Å². The molecular weight excluding hydrogens is 254 g/mol. The summed E-state index contributed by atoms with van der Waals surface area (Å²) in [6.45, 7) is 0.583. The smallest absolute Gasteiger partial charge is 0.254 e. The van der Waals surface area contributed by atoms with Gasteiger partial charge in [0.25, 0.3) is 5.91 Å². The van der Waals surface area contributed by atoms with E-state index in [1.165, 1.54) is 4.90 Å². The van der Waals surface area contributed by atoms with Crippen LogP contribution >= 0.6 is 0 Å². The van der Waals surface area contributed by atoms with E-state index in [1.807, 2.05) is 6.07 Å². The van der Waals surface area contributed by atoms with Crippen molar-refractivity contribution >= 4 is 11.8 Å². The normalized spacial score (nSPS) is 17.6. The van der Waals surface area contributed by atoms with Crippen LogP contribution in [-0.2, 0) is 4.79 Å². The fourth-order valence-electron chi connectivity index (χ4n) is 2.45. The molecule has 0 aliphatic carbocycles. The zero-order valence-electron chi connectivity index (χ0n) is 11.7. The molecule has 104 valence electrons. The molecule has 1 fully saturated rings. The predicted molar refractivity (Wildman–Crippen MR) is 73.9 cm³/mol. The second-order valence-corrected chi connectivity index (χ2v) is 5.08. The maximum Gasteiger partial charge on any atom is 0.254 e. The lowest BCUT2D eigenvalue weighted by Gasteiger charge is -2.26. The molecular formula is C15H17N3O2. The van der Waals surface area contributed by atoms with Crippen LogP contribution in [0.2, 0.25) is 0 Å². The SMILES string of the molecule is CN(C)C(=O)C1CCCN1C(=O)c1cccc(C#N)c1. The Kier molecular flexibility index (Phi) is 4.04. The molecule has 1 aromatic rings. The molecule has 0 spiro atoms. The van der Waals surface area contributed by atoms with Crippen molar-refractivity contribution in [2.45, 2.75) is 18.9 Å². The van der Waals surface area contributed by atoms with Gasteiger partial charge in [-0.15, -0.1) is 0 Å². The van der Waals surface area contributed by atoms with Gasteiger partial charge in [0.05, 0.1) is 11.6 Å². The Labute approximate surface area is 118 Å². The molecule has 1 saturated heterocycles. The summed E-state index contributed by atoms with van der Waals surface area (Å²) in [6, 6.07) is 8.22. The molecule has 1 aromatic carbocycles. The summed E-state index contributed by atoms with van der Waals surface area (Å²) in [7, 11) is 3.39. The molecule has 1 atom stereocenters. The average molecular weight is 271 g/mol. The first-order valence-electron chi connectivity index (χ1n) is 6.57. The highest BCUT2D eigenvalue weighted by Gasteiger charge is 2.35. The van der Waals surface area contributed by atoms with Crippen molar-refractivity contribution in [1.82, 2.24) is 9.80 Å². The van der Waals surface area contributed by atoms with Gasteiger partial charge < -0.3 is 9.80 Å². The van der Waals surface area contributed by atoms with Crippen LogP contribution in [0.15, 0.2) is 24.3 Å². The van der Waals surface area contributed by atoms with E-state index in [2.05, 4.69) is 0 Å². The Hall–Kier alpha value is -2.35. The first-order valence-corrected chi connectivity index (χ1v) is 6.57.